The largest absolute Gasteiger partial charge is 0.356 e. The molecule has 3 N–H and O–H groups in total. The Hall–Kier alpha value is -4.46. The number of H-pyrrole nitrogens is 1. The number of benzene rings is 3. The predicted octanol–water partition coefficient (Wildman–Crippen LogP) is 4.67. The van der Waals surface area contributed by atoms with Crippen molar-refractivity contribution >= 4 is 28.6 Å². The summed E-state index contributed by atoms with van der Waals surface area (Å²) in [4.78, 5) is 46.2. The molecule has 0 fully saturated rings. The van der Waals surface area contributed by atoms with Crippen LogP contribution in [0, 0.1) is 11.7 Å². The maximum absolute atomic E-state index is 14.0. The van der Waals surface area contributed by atoms with Gasteiger partial charge in [0.15, 0.2) is 0 Å². The first-order valence-electron chi connectivity index (χ1n) is 14.2. The summed E-state index contributed by atoms with van der Waals surface area (Å²) in [6.07, 6.45) is 1.26. The van der Waals surface area contributed by atoms with E-state index in [-0.39, 0.29) is 29.5 Å². The fourth-order valence-corrected chi connectivity index (χ4v) is 6.25. The van der Waals surface area contributed by atoms with Gasteiger partial charge < -0.3 is 20.5 Å². The summed E-state index contributed by atoms with van der Waals surface area (Å²) in [5.74, 6) is -1.000. The summed E-state index contributed by atoms with van der Waals surface area (Å²) in [7, 11) is 0. The maximum Gasteiger partial charge on any atom is 0.255 e. The fourth-order valence-electron chi connectivity index (χ4n) is 6.25. The molecule has 210 valence electrons. The highest BCUT2D eigenvalue weighted by Gasteiger charge is 2.49. The van der Waals surface area contributed by atoms with Crippen molar-refractivity contribution in [1.82, 2.24) is 20.5 Å². The molecule has 0 spiro atoms. The Morgan fingerprint density at radius 3 is 2.63 bits per heavy atom. The highest BCUT2D eigenvalue weighted by Crippen LogP contribution is 2.46. The molecule has 4 aromatic rings. The van der Waals surface area contributed by atoms with Gasteiger partial charge in [0.25, 0.3) is 5.91 Å². The molecule has 0 saturated heterocycles. The monoisotopic (exact) mass is 552 g/mol. The number of para-hydroxylation sites is 1. The summed E-state index contributed by atoms with van der Waals surface area (Å²) < 4.78 is 13.5. The van der Waals surface area contributed by atoms with Gasteiger partial charge in [0.1, 0.15) is 17.9 Å². The first-order valence-corrected chi connectivity index (χ1v) is 14.2. The van der Waals surface area contributed by atoms with E-state index >= 15 is 0 Å². The first kappa shape index (κ1) is 26.7. The van der Waals surface area contributed by atoms with Crippen molar-refractivity contribution in [3.05, 3.63) is 107 Å². The molecule has 0 bridgehead atoms. The first-order chi connectivity index (χ1) is 19.8. The van der Waals surface area contributed by atoms with Crippen molar-refractivity contribution < 1.29 is 18.8 Å². The van der Waals surface area contributed by atoms with Gasteiger partial charge in [0, 0.05) is 35.1 Å². The van der Waals surface area contributed by atoms with Crippen LogP contribution in [0.1, 0.15) is 59.1 Å². The Labute approximate surface area is 238 Å². The quantitative estimate of drug-likeness (QED) is 0.297. The van der Waals surface area contributed by atoms with Crippen LogP contribution in [0.4, 0.5) is 4.39 Å². The summed E-state index contributed by atoms with van der Waals surface area (Å²) in [6.45, 7) is 4.31. The van der Waals surface area contributed by atoms with E-state index in [2.05, 4.69) is 15.6 Å². The molecule has 1 aromatic heterocycles. The number of rotatable bonds is 8. The van der Waals surface area contributed by atoms with E-state index in [0.717, 1.165) is 33.3 Å². The number of carbonyl (C=O) groups is 3. The average Bonchev–Trinajstić information content (AvgIpc) is 3.47. The molecular weight excluding hydrogens is 519 g/mol. The SMILES string of the molecule is CC(C)C[C@H](NC(=O)[C@@H]1Cc2c([nH]c3ccccc23)[C@H]2c3ccccc3C(=O)N21)C(=O)NCCc1cccc(F)c1. The molecule has 3 aromatic carbocycles. The third-order valence-corrected chi connectivity index (χ3v) is 8.10. The second-order valence-electron chi connectivity index (χ2n) is 11.3. The van der Waals surface area contributed by atoms with Crippen LogP contribution in [-0.2, 0) is 22.4 Å². The Morgan fingerprint density at radius 1 is 1.05 bits per heavy atom. The number of carbonyl (C=O) groups excluding carboxylic acids is 3. The lowest BCUT2D eigenvalue weighted by Gasteiger charge is -2.37. The van der Waals surface area contributed by atoms with Crippen LogP contribution in [0.2, 0.25) is 0 Å². The number of aromatic amines is 1. The van der Waals surface area contributed by atoms with Crippen LogP contribution in [-0.4, -0.2) is 46.2 Å². The molecule has 0 saturated carbocycles. The maximum atomic E-state index is 14.0. The predicted molar refractivity (Wildman–Crippen MR) is 155 cm³/mol. The smallest absolute Gasteiger partial charge is 0.255 e. The zero-order valence-corrected chi connectivity index (χ0v) is 23.1. The molecule has 41 heavy (non-hydrogen) atoms. The summed E-state index contributed by atoms with van der Waals surface area (Å²) in [5, 5.41) is 6.93. The van der Waals surface area contributed by atoms with Gasteiger partial charge in [0.05, 0.1) is 6.04 Å². The van der Waals surface area contributed by atoms with E-state index in [9.17, 15) is 18.8 Å². The van der Waals surface area contributed by atoms with E-state index in [4.69, 9.17) is 0 Å². The zero-order valence-electron chi connectivity index (χ0n) is 23.1. The van der Waals surface area contributed by atoms with Gasteiger partial charge >= 0.3 is 0 Å². The lowest BCUT2D eigenvalue weighted by atomic mass is 9.89. The van der Waals surface area contributed by atoms with Crippen molar-refractivity contribution in [2.45, 2.75) is 51.2 Å². The third kappa shape index (κ3) is 4.99. The van der Waals surface area contributed by atoms with Crippen LogP contribution in [0.15, 0.2) is 72.8 Å². The number of halogens is 1. The summed E-state index contributed by atoms with van der Waals surface area (Å²) >= 11 is 0. The van der Waals surface area contributed by atoms with Gasteiger partial charge in [-0.1, -0.05) is 62.4 Å². The van der Waals surface area contributed by atoms with Gasteiger partial charge in [0.2, 0.25) is 11.8 Å². The Kier molecular flexibility index (Phi) is 7.07. The molecule has 3 atom stereocenters. The lowest BCUT2D eigenvalue weighted by molar-refractivity contribution is -0.132. The number of nitrogens with one attached hydrogen (secondary N) is 3. The molecule has 3 amide bonds. The molecule has 0 unspecified atom stereocenters. The number of aromatic nitrogens is 1. The number of amides is 3. The molecular formula is C33H33FN4O3. The molecule has 0 radical (unpaired) electrons. The van der Waals surface area contributed by atoms with Crippen LogP contribution >= 0.6 is 0 Å². The van der Waals surface area contributed by atoms with Gasteiger partial charge in [-0.05, 0) is 59.7 Å². The molecule has 2 aliphatic heterocycles. The standard InChI is InChI=1S/C33H33FN4O3/c1-19(2)16-27(31(39)35-15-14-20-8-7-9-21(34)17-20)37-32(40)28-18-25-22-10-5-6-13-26(22)36-29(25)30-23-11-3-4-12-24(23)33(41)38(28)30/h3-13,17,19,27-28,30,36H,14-16,18H2,1-2H3,(H,35,39)(H,37,40)/t27-,28-,30+/m0/s1. The van der Waals surface area contributed by atoms with Gasteiger partial charge in [-0.25, -0.2) is 4.39 Å². The van der Waals surface area contributed by atoms with Crippen molar-refractivity contribution in [3.63, 3.8) is 0 Å². The van der Waals surface area contributed by atoms with Crippen molar-refractivity contribution in [2.75, 3.05) is 6.54 Å². The number of hydrogen-bond acceptors (Lipinski definition) is 3. The normalized spacial score (nSPS) is 18.1. The molecule has 2 aliphatic rings. The molecule has 6 rings (SSSR count). The van der Waals surface area contributed by atoms with E-state index in [1.54, 1.807) is 17.0 Å². The Bertz CT molecular complexity index is 1640. The number of hydrogen-bond donors (Lipinski definition) is 3. The van der Waals surface area contributed by atoms with E-state index in [0.29, 0.717) is 31.4 Å². The summed E-state index contributed by atoms with van der Waals surface area (Å²) in [5.41, 5.74) is 5.16. The van der Waals surface area contributed by atoms with Crippen LogP contribution < -0.4 is 10.6 Å². The second kappa shape index (κ2) is 10.8. The van der Waals surface area contributed by atoms with Gasteiger partial charge in [-0.15, -0.1) is 0 Å². The minimum atomic E-state index is -0.777. The highest BCUT2D eigenvalue weighted by atomic mass is 19.1. The van der Waals surface area contributed by atoms with Gasteiger partial charge in [-0.2, -0.15) is 0 Å². The third-order valence-electron chi connectivity index (χ3n) is 8.10. The summed E-state index contributed by atoms with van der Waals surface area (Å²) in [6, 6.07) is 19.8. The highest BCUT2D eigenvalue weighted by molar-refractivity contribution is 6.04. The van der Waals surface area contributed by atoms with Crippen LogP contribution in [0.25, 0.3) is 10.9 Å². The van der Waals surface area contributed by atoms with Gasteiger partial charge in [-0.3, -0.25) is 14.4 Å². The zero-order chi connectivity index (χ0) is 28.7. The molecule has 7 nitrogen and oxygen atoms in total. The van der Waals surface area contributed by atoms with E-state index in [1.165, 1.54) is 12.1 Å². The Balaban J connectivity index is 1.26. The van der Waals surface area contributed by atoms with Crippen molar-refractivity contribution in [3.8, 4) is 0 Å². The molecule has 8 heteroatoms. The average molecular weight is 553 g/mol. The topological polar surface area (TPSA) is 94.3 Å². The van der Waals surface area contributed by atoms with Crippen LogP contribution in [0.5, 0.6) is 0 Å². The Morgan fingerprint density at radius 2 is 1.83 bits per heavy atom. The minimum absolute atomic E-state index is 0.145. The van der Waals surface area contributed by atoms with Crippen molar-refractivity contribution in [2.24, 2.45) is 5.92 Å². The fraction of sp³-hybridized carbons (Fsp3) is 0.303. The number of fused-ring (bicyclic) bond motifs is 7. The second-order valence-corrected chi connectivity index (χ2v) is 11.3. The molecule has 3 heterocycles. The van der Waals surface area contributed by atoms with Crippen LogP contribution in [0.3, 0.4) is 0 Å². The van der Waals surface area contributed by atoms with E-state index in [1.807, 2.05) is 62.4 Å². The number of nitrogens with zero attached hydrogens (tertiary/aromatic N) is 1. The molecule has 0 aliphatic carbocycles. The van der Waals surface area contributed by atoms with Crippen molar-refractivity contribution in [1.29, 1.82) is 0 Å². The minimum Gasteiger partial charge on any atom is -0.356 e. The van der Waals surface area contributed by atoms with E-state index < -0.39 is 18.1 Å². The lowest BCUT2D eigenvalue weighted by Crippen LogP contribution is -2.56.